The predicted molar refractivity (Wildman–Crippen MR) is 24.5 cm³/mol. The van der Waals surface area contributed by atoms with Crippen LogP contribution in [0, 0.1) is 0 Å². The van der Waals surface area contributed by atoms with Crippen LogP contribution in [0.1, 0.15) is 6.92 Å². The maximum absolute atomic E-state index is 9.83. The number of hydrogen-bond donors (Lipinski definition) is 1. The minimum absolute atomic E-state index is 0.438. The molecule has 0 aliphatic carbocycles. The van der Waals surface area contributed by atoms with E-state index in [2.05, 4.69) is 16.7 Å². The molecule has 4 heteroatoms. The molecule has 0 rings (SSSR count). The zero-order valence-electron chi connectivity index (χ0n) is 3.97. The summed E-state index contributed by atoms with van der Waals surface area (Å²) in [6.45, 7) is 4.26. The van der Waals surface area contributed by atoms with Crippen molar-refractivity contribution in [1.82, 2.24) is 5.59 Å². The molecule has 0 aromatic rings. The molecule has 0 fully saturated rings. The van der Waals surface area contributed by atoms with Crippen molar-refractivity contribution in [3.63, 3.8) is 0 Å². The van der Waals surface area contributed by atoms with E-state index >= 15 is 0 Å². The molecule has 0 unspecified atom stereocenters. The van der Waals surface area contributed by atoms with Crippen LogP contribution in [0.2, 0.25) is 0 Å². The van der Waals surface area contributed by atoms with E-state index in [0.717, 1.165) is 0 Å². The summed E-state index contributed by atoms with van der Waals surface area (Å²) >= 11 is 0. The highest BCUT2D eigenvalue weighted by Crippen LogP contribution is 1.64. The maximum atomic E-state index is 9.83. The number of nitrogens with one attached hydrogen (secondary N) is 1. The van der Waals surface area contributed by atoms with Gasteiger partial charge in [-0.3, -0.25) is 0 Å². The molecule has 0 saturated heterocycles. The first-order valence-electron chi connectivity index (χ1n) is 1.65. The number of carbonyl (C=O) groups excluding carboxylic acids is 1. The largest absolute Gasteiger partial charge is 0.331 e. The zero-order chi connectivity index (χ0) is 5.70. The van der Waals surface area contributed by atoms with E-state index in [1.165, 1.54) is 6.92 Å². The van der Waals surface area contributed by atoms with Crippen LogP contribution in [-0.4, -0.2) is 12.7 Å². The van der Waals surface area contributed by atoms with Gasteiger partial charge in [0.05, 0.1) is 0 Å². The van der Waals surface area contributed by atoms with Crippen LogP contribution in [0.15, 0.2) is 5.10 Å². The Morgan fingerprint density at radius 3 is 2.71 bits per heavy atom. The molecule has 4 nitrogen and oxygen atoms in total. The van der Waals surface area contributed by atoms with Gasteiger partial charge in [-0.25, -0.2) is 4.79 Å². The Hall–Kier alpha value is -1.06. The molecule has 1 N–H and O–H groups in total. The smallest absolute Gasteiger partial charge is 0.327 e. The molecule has 0 atom stereocenters. The lowest BCUT2D eigenvalue weighted by Crippen LogP contribution is -2.09. The number of hydrazone groups is 1. The average Bonchev–Trinajstić information content (AvgIpc) is 1.61. The summed E-state index contributed by atoms with van der Waals surface area (Å²) in [6.07, 6.45) is 0. The Balaban J connectivity index is 2.97. The summed E-state index contributed by atoms with van der Waals surface area (Å²) in [5, 5.41) is 3.03. The number of carbonyl (C=O) groups is 1. The lowest BCUT2D eigenvalue weighted by Gasteiger charge is -1.92. The number of rotatable bonds is 2. The molecule has 0 saturated carbocycles. The lowest BCUT2D eigenvalue weighted by molar-refractivity contribution is -0.148. The van der Waals surface area contributed by atoms with Crippen LogP contribution in [-0.2, 0) is 9.63 Å². The van der Waals surface area contributed by atoms with Crippen molar-refractivity contribution >= 4 is 12.7 Å². The topological polar surface area (TPSA) is 50.7 Å². The first-order chi connectivity index (χ1) is 3.27. The van der Waals surface area contributed by atoms with E-state index in [1.54, 1.807) is 0 Å². The quantitative estimate of drug-likeness (QED) is 0.383. The van der Waals surface area contributed by atoms with Gasteiger partial charge in [0, 0.05) is 13.6 Å². The summed E-state index contributed by atoms with van der Waals surface area (Å²) in [5.74, 6) is -0.438. The highest BCUT2D eigenvalue weighted by Gasteiger charge is 1.83. The van der Waals surface area contributed by atoms with Crippen molar-refractivity contribution in [2.45, 2.75) is 6.92 Å². The fraction of sp³-hybridized carbons (Fsp3) is 0.333. The second-order valence-electron chi connectivity index (χ2n) is 0.843. The summed E-state index contributed by atoms with van der Waals surface area (Å²) in [7, 11) is 0. The van der Waals surface area contributed by atoms with Crippen molar-refractivity contribution in [2.75, 3.05) is 0 Å². The fourth-order valence-electron chi connectivity index (χ4n) is 0.0966. The molecular weight excluding hydrogens is 96.0 g/mol. The van der Waals surface area contributed by atoms with E-state index in [0.29, 0.717) is 0 Å². The van der Waals surface area contributed by atoms with E-state index < -0.39 is 5.97 Å². The highest BCUT2D eigenvalue weighted by molar-refractivity contribution is 5.65. The molecule has 40 valence electrons. The Morgan fingerprint density at radius 1 is 2.00 bits per heavy atom. The van der Waals surface area contributed by atoms with Crippen LogP contribution < -0.4 is 5.59 Å². The first kappa shape index (κ1) is 5.94. The second-order valence-corrected chi connectivity index (χ2v) is 0.843. The van der Waals surface area contributed by atoms with Crippen LogP contribution in [0.3, 0.4) is 0 Å². The normalized spacial score (nSPS) is 7.00. The van der Waals surface area contributed by atoms with E-state index in [4.69, 9.17) is 0 Å². The molecule has 7 heavy (non-hydrogen) atoms. The highest BCUT2D eigenvalue weighted by atomic mass is 16.7. The van der Waals surface area contributed by atoms with Gasteiger partial charge < -0.3 is 4.84 Å². The van der Waals surface area contributed by atoms with Gasteiger partial charge >= 0.3 is 5.97 Å². The van der Waals surface area contributed by atoms with E-state index in [1.807, 2.05) is 5.59 Å². The summed E-state index contributed by atoms with van der Waals surface area (Å²) in [6, 6.07) is 0. The standard InChI is InChI=1S/C3H6N2O2/c1-3(6)7-5-4-2/h5H,2H2,1H3. The first-order valence-corrected chi connectivity index (χ1v) is 1.65. The molecule has 0 heterocycles. The maximum Gasteiger partial charge on any atom is 0.331 e. The summed E-state index contributed by atoms with van der Waals surface area (Å²) in [4.78, 5) is 13.9. The molecule has 0 radical (unpaired) electrons. The third-order valence-electron chi connectivity index (χ3n) is 0.254. The summed E-state index contributed by atoms with van der Waals surface area (Å²) in [5.41, 5.74) is 1.91. The molecular formula is C3H6N2O2. The Bertz CT molecular complexity index is 81.0. The van der Waals surface area contributed by atoms with Gasteiger partial charge in [-0.15, -0.1) is 5.59 Å². The molecule has 0 amide bonds. The van der Waals surface area contributed by atoms with Gasteiger partial charge in [-0.05, 0) is 0 Å². The summed E-state index contributed by atoms with van der Waals surface area (Å²) < 4.78 is 0. The van der Waals surface area contributed by atoms with Crippen LogP contribution in [0.5, 0.6) is 0 Å². The predicted octanol–water partition coefficient (Wildman–Crippen LogP) is -0.330. The number of nitrogens with zero attached hydrogens (tertiary/aromatic N) is 1. The van der Waals surface area contributed by atoms with Crippen LogP contribution >= 0.6 is 0 Å². The van der Waals surface area contributed by atoms with E-state index in [-0.39, 0.29) is 0 Å². The van der Waals surface area contributed by atoms with Gasteiger partial charge in [-0.1, -0.05) is 0 Å². The number of hydrogen-bond acceptors (Lipinski definition) is 4. The molecule has 0 aliphatic rings. The zero-order valence-corrected chi connectivity index (χ0v) is 3.97. The van der Waals surface area contributed by atoms with Crippen molar-refractivity contribution < 1.29 is 9.63 Å². The molecule has 0 bridgehead atoms. The van der Waals surface area contributed by atoms with Gasteiger partial charge in [-0.2, -0.15) is 5.10 Å². The molecule has 0 aliphatic heterocycles. The Kier molecular flexibility index (Phi) is 2.67. The van der Waals surface area contributed by atoms with E-state index in [9.17, 15) is 4.79 Å². The van der Waals surface area contributed by atoms with Crippen molar-refractivity contribution in [3.8, 4) is 0 Å². The lowest BCUT2D eigenvalue weighted by atomic mass is 10.8. The Labute approximate surface area is 41.1 Å². The SMILES string of the molecule is C=NNOC(C)=O. The van der Waals surface area contributed by atoms with Gasteiger partial charge in [0.1, 0.15) is 0 Å². The minimum Gasteiger partial charge on any atom is -0.327 e. The average molecular weight is 102 g/mol. The van der Waals surface area contributed by atoms with Gasteiger partial charge in [0.15, 0.2) is 0 Å². The molecule has 0 spiro atoms. The van der Waals surface area contributed by atoms with Crippen molar-refractivity contribution in [3.05, 3.63) is 0 Å². The molecule has 0 aromatic carbocycles. The molecule has 0 aromatic heterocycles. The minimum atomic E-state index is -0.438. The third kappa shape index (κ3) is 4.94. The van der Waals surface area contributed by atoms with Gasteiger partial charge in [0.2, 0.25) is 0 Å². The second kappa shape index (κ2) is 3.14. The Morgan fingerprint density at radius 2 is 2.57 bits per heavy atom. The van der Waals surface area contributed by atoms with Crippen LogP contribution in [0.25, 0.3) is 0 Å². The van der Waals surface area contributed by atoms with Gasteiger partial charge in [0.25, 0.3) is 0 Å². The van der Waals surface area contributed by atoms with Crippen LogP contribution in [0.4, 0.5) is 0 Å². The third-order valence-corrected chi connectivity index (χ3v) is 0.254. The monoisotopic (exact) mass is 102 g/mol. The van der Waals surface area contributed by atoms with Crippen molar-refractivity contribution in [1.29, 1.82) is 0 Å². The van der Waals surface area contributed by atoms with Crippen molar-refractivity contribution in [2.24, 2.45) is 5.10 Å². The fourth-order valence-corrected chi connectivity index (χ4v) is 0.0966.